The average Bonchev–Trinajstić information content (AvgIpc) is 2.62. The van der Waals surface area contributed by atoms with Crippen molar-refractivity contribution < 1.29 is 9.90 Å². The molecule has 1 aliphatic rings. The molecule has 2 atom stereocenters. The molecule has 3 heteroatoms. The lowest BCUT2D eigenvalue weighted by Gasteiger charge is -2.25. The van der Waals surface area contributed by atoms with Crippen molar-refractivity contribution in [2.24, 2.45) is 5.92 Å². The van der Waals surface area contributed by atoms with E-state index in [2.05, 4.69) is 24.4 Å². The first-order valence-corrected chi connectivity index (χ1v) is 8.02. The lowest BCUT2D eigenvalue weighted by atomic mass is 9.94. The minimum Gasteiger partial charge on any atom is -0.396 e. The summed E-state index contributed by atoms with van der Waals surface area (Å²) in [5, 5.41) is 12.7. The zero-order valence-corrected chi connectivity index (χ0v) is 13.4. The minimum absolute atomic E-state index is 0.00958. The van der Waals surface area contributed by atoms with Crippen LogP contribution < -0.4 is 5.32 Å². The Morgan fingerprint density at radius 1 is 1.14 bits per heavy atom. The first-order chi connectivity index (χ1) is 10.0. The Balaban J connectivity index is 2.16. The largest absolute Gasteiger partial charge is 0.396 e. The van der Waals surface area contributed by atoms with Crippen LogP contribution in [0.4, 0.5) is 0 Å². The van der Waals surface area contributed by atoms with Crippen LogP contribution in [0.2, 0.25) is 0 Å². The fraction of sp³-hybridized carbons (Fsp3) is 0.611. The van der Waals surface area contributed by atoms with Crippen LogP contribution in [0.25, 0.3) is 0 Å². The summed E-state index contributed by atoms with van der Waals surface area (Å²) in [6.07, 6.45) is 5.47. The number of aliphatic hydroxyl groups excluding tert-OH is 1. The highest BCUT2D eigenvalue weighted by atomic mass is 16.3. The lowest BCUT2D eigenvalue weighted by Crippen LogP contribution is -2.41. The van der Waals surface area contributed by atoms with Gasteiger partial charge in [0.15, 0.2) is 0 Å². The van der Waals surface area contributed by atoms with Crippen LogP contribution in [0.15, 0.2) is 12.1 Å². The van der Waals surface area contributed by atoms with E-state index in [0.717, 1.165) is 42.4 Å². The number of nitrogens with one attached hydrogen (secondary N) is 1. The van der Waals surface area contributed by atoms with E-state index in [9.17, 15) is 9.90 Å². The number of aryl methyl sites for hydroxylation is 3. The summed E-state index contributed by atoms with van der Waals surface area (Å²) in [6.45, 7) is 6.20. The summed E-state index contributed by atoms with van der Waals surface area (Å²) >= 11 is 0. The Morgan fingerprint density at radius 3 is 2.38 bits per heavy atom. The van der Waals surface area contributed by atoms with Crippen LogP contribution in [0.5, 0.6) is 0 Å². The minimum atomic E-state index is 0.00958. The van der Waals surface area contributed by atoms with Gasteiger partial charge in [-0.25, -0.2) is 0 Å². The summed E-state index contributed by atoms with van der Waals surface area (Å²) < 4.78 is 0. The van der Waals surface area contributed by atoms with Gasteiger partial charge in [0, 0.05) is 24.1 Å². The molecule has 3 nitrogen and oxygen atoms in total. The smallest absolute Gasteiger partial charge is 0.252 e. The highest BCUT2D eigenvalue weighted by Crippen LogP contribution is 2.24. The number of carbonyl (C=O) groups is 1. The molecule has 0 spiro atoms. The number of benzene rings is 1. The Hall–Kier alpha value is -1.35. The van der Waals surface area contributed by atoms with Crippen LogP contribution in [0.1, 0.15) is 59.2 Å². The topological polar surface area (TPSA) is 49.3 Å². The van der Waals surface area contributed by atoms with Crippen molar-refractivity contribution in [2.75, 3.05) is 6.61 Å². The third-order valence-corrected chi connectivity index (χ3v) is 4.61. The van der Waals surface area contributed by atoms with E-state index < -0.39 is 0 Å². The van der Waals surface area contributed by atoms with Gasteiger partial charge in [0.1, 0.15) is 0 Å². The molecule has 1 fully saturated rings. The lowest BCUT2D eigenvalue weighted by molar-refractivity contribution is 0.0898. The third-order valence-electron chi connectivity index (χ3n) is 4.61. The first kappa shape index (κ1) is 16.0. The van der Waals surface area contributed by atoms with E-state index in [1.54, 1.807) is 0 Å². The Morgan fingerprint density at radius 2 is 1.76 bits per heavy atom. The maximum absolute atomic E-state index is 12.6. The summed E-state index contributed by atoms with van der Waals surface area (Å²) in [7, 11) is 0. The normalized spacial score (nSPS) is 22.7. The maximum Gasteiger partial charge on any atom is 0.252 e. The van der Waals surface area contributed by atoms with Crippen molar-refractivity contribution >= 4 is 5.91 Å². The van der Waals surface area contributed by atoms with Crippen molar-refractivity contribution in [3.8, 4) is 0 Å². The van der Waals surface area contributed by atoms with Gasteiger partial charge in [0.2, 0.25) is 0 Å². The van der Waals surface area contributed by atoms with Crippen molar-refractivity contribution in [1.82, 2.24) is 5.32 Å². The third kappa shape index (κ3) is 3.85. The van der Waals surface area contributed by atoms with E-state index in [0.29, 0.717) is 0 Å². The molecule has 2 unspecified atom stereocenters. The van der Waals surface area contributed by atoms with Gasteiger partial charge in [0.05, 0.1) is 0 Å². The zero-order valence-electron chi connectivity index (χ0n) is 13.4. The fourth-order valence-corrected chi connectivity index (χ4v) is 3.57. The SMILES string of the molecule is Cc1cc(C)c(C(=O)NC2CCCCCC2CO)c(C)c1. The molecule has 0 saturated heterocycles. The molecule has 21 heavy (non-hydrogen) atoms. The molecule has 0 bridgehead atoms. The van der Waals surface area contributed by atoms with Crippen molar-refractivity contribution in [2.45, 2.75) is 58.9 Å². The molecule has 0 heterocycles. The monoisotopic (exact) mass is 289 g/mol. The van der Waals surface area contributed by atoms with E-state index in [1.807, 2.05) is 13.8 Å². The molecule has 0 aliphatic heterocycles. The Labute approximate surface area is 127 Å². The quantitative estimate of drug-likeness (QED) is 0.839. The maximum atomic E-state index is 12.6. The second kappa shape index (κ2) is 7.08. The van der Waals surface area contributed by atoms with Gasteiger partial charge in [-0.1, -0.05) is 37.0 Å². The predicted octanol–water partition coefficient (Wildman–Crippen LogP) is 3.28. The number of hydrogen-bond donors (Lipinski definition) is 2. The molecule has 116 valence electrons. The number of rotatable bonds is 3. The number of amides is 1. The van der Waals surface area contributed by atoms with Crippen LogP contribution in [0.3, 0.4) is 0 Å². The molecular formula is C18H27NO2. The molecule has 0 aromatic heterocycles. The van der Waals surface area contributed by atoms with Crippen LogP contribution in [-0.4, -0.2) is 23.7 Å². The van der Waals surface area contributed by atoms with Crippen LogP contribution in [-0.2, 0) is 0 Å². The molecule has 1 aliphatic carbocycles. The highest BCUT2D eigenvalue weighted by Gasteiger charge is 2.25. The van der Waals surface area contributed by atoms with Crippen LogP contribution >= 0.6 is 0 Å². The van der Waals surface area contributed by atoms with Crippen molar-refractivity contribution in [3.05, 3.63) is 34.4 Å². The highest BCUT2D eigenvalue weighted by molar-refractivity contribution is 5.97. The first-order valence-electron chi connectivity index (χ1n) is 8.02. The second-order valence-electron chi connectivity index (χ2n) is 6.43. The van der Waals surface area contributed by atoms with E-state index in [4.69, 9.17) is 0 Å². The van der Waals surface area contributed by atoms with Gasteiger partial charge in [-0.3, -0.25) is 4.79 Å². The molecule has 0 radical (unpaired) electrons. The van der Waals surface area contributed by atoms with E-state index >= 15 is 0 Å². The molecule has 1 amide bonds. The summed E-state index contributed by atoms with van der Waals surface area (Å²) in [5.74, 6) is 0.206. The molecule has 1 aromatic rings. The van der Waals surface area contributed by atoms with E-state index in [-0.39, 0.29) is 24.5 Å². The molecule has 2 rings (SSSR count). The Kier molecular flexibility index (Phi) is 5.40. The van der Waals surface area contributed by atoms with Gasteiger partial charge < -0.3 is 10.4 Å². The summed E-state index contributed by atoms with van der Waals surface area (Å²) in [4.78, 5) is 12.6. The summed E-state index contributed by atoms with van der Waals surface area (Å²) in [5.41, 5.74) is 4.03. The average molecular weight is 289 g/mol. The number of hydrogen-bond acceptors (Lipinski definition) is 2. The zero-order chi connectivity index (χ0) is 15.4. The molecular weight excluding hydrogens is 262 g/mol. The Bertz CT molecular complexity index is 487. The van der Waals surface area contributed by atoms with Crippen molar-refractivity contribution in [3.63, 3.8) is 0 Å². The molecule has 1 saturated carbocycles. The number of aliphatic hydroxyl groups is 1. The van der Waals surface area contributed by atoms with Crippen molar-refractivity contribution in [1.29, 1.82) is 0 Å². The van der Waals surface area contributed by atoms with Gasteiger partial charge in [-0.05, 0) is 44.7 Å². The molecule has 2 N–H and O–H groups in total. The summed E-state index contributed by atoms with van der Waals surface area (Å²) in [6, 6.07) is 4.21. The number of carbonyl (C=O) groups excluding carboxylic acids is 1. The standard InChI is InChI=1S/C18H27NO2/c1-12-9-13(2)17(14(3)10-12)18(21)19-16-8-6-4-5-7-15(16)11-20/h9-10,15-16,20H,4-8,11H2,1-3H3,(H,19,21). The van der Waals surface area contributed by atoms with Gasteiger partial charge >= 0.3 is 0 Å². The van der Waals surface area contributed by atoms with Gasteiger partial charge in [-0.15, -0.1) is 0 Å². The predicted molar refractivity (Wildman–Crippen MR) is 85.6 cm³/mol. The molecule has 1 aromatic carbocycles. The van der Waals surface area contributed by atoms with E-state index in [1.165, 1.54) is 12.0 Å². The van der Waals surface area contributed by atoms with Gasteiger partial charge in [0.25, 0.3) is 5.91 Å². The van der Waals surface area contributed by atoms with Gasteiger partial charge in [-0.2, -0.15) is 0 Å². The fourth-order valence-electron chi connectivity index (χ4n) is 3.57. The second-order valence-corrected chi connectivity index (χ2v) is 6.43. The van der Waals surface area contributed by atoms with Crippen LogP contribution in [0, 0.1) is 26.7 Å².